The van der Waals surface area contributed by atoms with E-state index in [1.807, 2.05) is 48.5 Å². The summed E-state index contributed by atoms with van der Waals surface area (Å²) in [7, 11) is 0. The lowest BCUT2D eigenvalue weighted by molar-refractivity contribution is -0.137. The van der Waals surface area contributed by atoms with E-state index in [1.54, 1.807) is 4.57 Å². The van der Waals surface area contributed by atoms with Gasteiger partial charge in [-0.05, 0) is 67.2 Å². The van der Waals surface area contributed by atoms with Crippen LogP contribution in [-0.4, -0.2) is 34.1 Å². The third kappa shape index (κ3) is 4.93. The van der Waals surface area contributed by atoms with E-state index in [-0.39, 0.29) is 11.5 Å². The molecule has 5 rings (SSSR count). The number of fused-ring (bicyclic) bond motifs is 1. The maximum absolute atomic E-state index is 13.9. The fourth-order valence-corrected chi connectivity index (χ4v) is 5.07. The van der Waals surface area contributed by atoms with Crippen LogP contribution in [-0.2, 0) is 12.7 Å². The van der Waals surface area contributed by atoms with Crippen molar-refractivity contribution in [2.75, 3.05) is 19.6 Å². The summed E-state index contributed by atoms with van der Waals surface area (Å²) in [5.74, 6) is 0.670. The lowest BCUT2D eigenvalue weighted by atomic mass is 9.97. The normalized spacial score (nSPS) is 16.9. The first kappa shape index (κ1) is 24.3. The van der Waals surface area contributed by atoms with Crippen molar-refractivity contribution >= 4 is 10.9 Å². The Labute approximate surface area is 208 Å². The summed E-state index contributed by atoms with van der Waals surface area (Å²) in [6, 6.07) is 20.3. The second-order valence-corrected chi connectivity index (χ2v) is 9.43. The molecule has 1 atom stereocenters. The van der Waals surface area contributed by atoms with Crippen molar-refractivity contribution in [2.45, 2.75) is 32.5 Å². The van der Waals surface area contributed by atoms with Gasteiger partial charge in [-0.15, -0.1) is 0 Å². The van der Waals surface area contributed by atoms with E-state index in [0.717, 1.165) is 55.7 Å². The van der Waals surface area contributed by atoms with Crippen LogP contribution in [0, 0.1) is 5.92 Å². The van der Waals surface area contributed by atoms with Crippen molar-refractivity contribution in [3.8, 4) is 22.5 Å². The van der Waals surface area contributed by atoms with Gasteiger partial charge in [-0.25, -0.2) is 4.98 Å². The first-order valence-corrected chi connectivity index (χ1v) is 12.3. The van der Waals surface area contributed by atoms with E-state index in [0.29, 0.717) is 28.8 Å². The maximum Gasteiger partial charge on any atom is 0.416 e. The minimum absolute atomic E-state index is 0.165. The predicted octanol–water partition coefficient (Wildman–Crippen LogP) is 6.48. The molecule has 3 aromatic carbocycles. The number of benzene rings is 3. The van der Waals surface area contributed by atoms with Crippen LogP contribution < -0.4 is 5.56 Å². The summed E-state index contributed by atoms with van der Waals surface area (Å²) in [4.78, 5) is 21.1. The molecule has 0 radical (unpaired) electrons. The van der Waals surface area contributed by atoms with Crippen molar-refractivity contribution in [1.82, 2.24) is 14.5 Å². The van der Waals surface area contributed by atoms with E-state index in [1.165, 1.54) is 12.1 Å². The summed E-state index contributed by atoms with van der Waals surface area (Å²) in [6.07, 6.45) is -2.37. The number of hydrogen-bond donors (Lipinski definition) is 0. The van der Waals surface area contributed by atoms with Crippen LogP contribution >= 0.6 is 0 Å². The average Bonchev–Trinajstić information content (AvgIpc) is 2.90. The molecule has 0 aliphatic carbocycles. The molecule has 2 heterocycles. The number of rotatable bonds is 5. The van der Waals surface area contributed by atoms with Crippen molar-refractivity contribution in [3.05, 3.63) is 88.7 Å². The van der Waals surface area contributed by atoms with Crippen LogP contribution in [0.15, 0.2) is 77.6 Å². The number of halogens is 3. The number of hydrogen-bond acceptors (Lipinski definition) is 3. The largest absolute Gasteiger partial charge is 0.416 e. The van der Waals surface area contributed by atoms with E-state index >= 15 is 0 Å². The second kappa shape index (κ2) is 9.90. The molecular formula is C29H28F3N3O. The van der Waals surface area contributed by atoms with Crippen LogP contribution in [0.25, 0.3) is 33.4 Å². The number of aromatic nitrogens is 2. The molecule has 0 spiro atoms. The standard InChI is InChI=1S/C29H28F3N3O/c1-2-34-16-6-7-20(18-34)19-35-27(22-10-13-24(14-11-22)29(30,31)32)33-26-15-12-23(17-25(26)28(35)36)21-8-4-3-5-9-21/h3-5,8-15,17,20H,2,6-7,16,18-19H2,1H3/t20-/m1/s1. The molecule has 0 bridgehead atoms. The van der Waals surface area contributed by atoms with Gasteiger partial charge in [0.05, 0.1) is 16.5 Å². The molecule has 0 amide bonds. The maximum atomic E-state index is 13.9. The van der Waals surface area contributed by atoms with Crippen LogP contribution in [0.3, 0.4) is 0 Å². The van der Waals surface area contributed by atoms with Gasteiger partial charge in [0.15, 0.2) is 0 Å². The topological polar surface area (TPSA) is 38.1 Å². The minimum atomic E-state index is -4.42. The molecule has 1 aliphatic heterocycles. The lowest BCUT2D eigenvalue weighted by Gasteiger charge is -2.32. The van der Waals surface area contributed by atoms with Gasteiger partial charge in [0.25, 0.3) is 5.56 Å². The molecule has 4 nitrogen and oxygen atoms in total. The van der Waals surface area contributed by atoms with Gasteiger partial charge in [0.1, 0.15) is 5.82 Å². The monoisotopic (exact) mass is 491 g/mol. The number of likely N-dealkylation sites (tertiary alicyclic amines) is 1. The minimum Gasteiger partial charge on any atom is -0.303 e. The van der Waals surface area contributed by atoms with E-state index < -0.39 is 11.7 Å². The van der Waals surface area contributed by atoms with Gasteiger partial charge in [-0.3, -0.25) is 9.36 Å². The molecule has 0 N–H and O–H groups in total. The molecule has 36 heavy (non-hydrogen) atoms. The molecule has 1 saturated heterocycles. The molecule has 4 aromatic rings. The van der Waals surface area contributed by atoms with Gasteiger partial charge in [0, 0.05) is 18.7 Å². The molecule has 1 fully saturated rings. The quantitative estimate of drug-likeness (QED) is 0.321. The molecule has 186 valence electrons. The van der Waals surface area contributed by atoms with Crippen molar-refractivity contribution < 1.29 is 13.2 Å². The second-order valence-electron chi connectivity index (χ2n) is 9.43. The SMILES string of the molecule is CCN1CCC[C@@H](Cn2c(-c3ccc(C(F)(F)F)cc3)nc3ccc(-c4ccccc4)cc3c2=O)C1. The Hall–Kier alpha value is -3.45. The van der Waals surface area contributed by atoms with E-state index in [4.69, 9.17) is 4.98 Å². The summed E-state index contributed by atoms with van der Waals surface area (Å²) in [5.41, 5.74) is 2.07. The average molecular weight is 492 g/mol. The first-order chi connectivity index (χ1) is 17.3. The van der Waals surface area contributed by atoms with Gasteiger partial charge in [0.2, 0.25) is 0 Å². The zero-order valence-electron chi connectivity index (χ0n) is 20.1. The smallest absolute Gasteiger partial charge is 0.303 e. The highest BCUT2D eigenvalue weighted by molar-refractivity contribution is 5.85. The lowest BCUT2D eigenvalue weighted by Crippen LogP contribution is -2.38. The number of nitrogens with zero attached hydrogens (tertiary/aromatic N) is 3. The molecule has 0 saturated carbocycles. The Bertz CT molecular complexity index is 1410. The Kier molecular flexibility index (Phi) is 6.67. The third-order valence-corrected chi connectivity index (χ3v) is 7.02. The van der Waals surface area contributed by atoms with Crippen LogP contribution in [0.5, 0.6) is 0 Å². The molecule has 1 aliphatic rings. The van der Waals surface area contributed by atoms with Gasteiger partial charge in [-0.1, -0.05) is 55.5 Å². The zero-order valence-corrected chi connectivity index (χ0v) is 20.1. The van der Waals surface area contributed by atoms with Crippen molar-refractivity contribution in [1.29, 1.82) is 0 Å². The summed E-state index contributed by atoms with van der Waals surface area (Å²) >= 11 is 0. The Morgan fingerprint density at radius 3 is 2.36 bits per heavy atom. The van der Waals surface area contributed by atoms with Crippen LogP contribution in [0.1, 0.15) is 25.3 Å². The van der Waals surface area contributed by atoms with Crippen LogP contribution in [0.2, 0.25) is 0 Å². The summed E-state index contributed by atoms with van der Waals surface area (Å²) in [6.45, 7) is 5.49. The van der Waals surface area contributed by atoms with E-state index in [9.17, 15) is 18.0 Å². The molecule has 7 heteroatoms. The Morgan fingerprint density at radius 1 is 0.944 bits per heavy atom. The highest BCUT2D eigenvalue weighted by atomic mass is 19.4. The van der Waals surface area contributed by atoms with E-state index in [2.05, 4.69) is 11.8 Å². The fourth-order valence-electron chi connectivity index (χ4n) is 5.07. The van der Waals surface area contributed by atoms with Gasteiger partial charge >= 0.3 is 6.18 Å². The van der Waals surface area contributed by atoms with Gasteiger partial charge < -0.3 is 4.90 Å². The third-order valence-electron chi connectivity index (χ3n) is 7.02. The summed E-state index contributed by atoms with van der Waals surface area (Å²) < 4.78 is 41.1. The molecule has 0 unspecified atom stereocenters. The van der Waals surface area contributed by atoms with Crippen molar-refractivity contribution in [3.63, 3.8) is 0 Å². The Balaban J connectivity index is 1.63. The zero-order chi connectivity index (χ0) is 25.3. The summed E-state index contributed by atoms with van der Waals surface area (Å²) in [5, 5.41) is 0.509. The number of piperidine rings is 1. The molecular weight excluding hydrogens is 463 g/mol. The first-order valence-electron chi connectivity index (χ1n) is 12.3. The molecule has 1 aromatic heterocycles. The number of alkyl halides is 3. The van der Waals surface area contributed by atoms with Crippen molar-refractivity contribution in [2.24, 2.45) is 5.92 Å². The van der Waals surface area contributed by atoms with Crippen LogP contribution in [0.4, 0.5) is 13.2 Å². The Morgan fingerprint density at radius 2 is 1.67 bits per heavy atom. The highest BCUT2D eigenvalue weighted by Gasteiger charge is 2.30. The highest BCUT2D eigenvalue weighted by Crippen LogP contribution is 2.31. The fraction of sp³-hybridized carbons (Fsp3) is 0.310. The predicted molar refractivity (Wildman–Crippen MR) is 137 cm³/mol. The van der Waals surface area contributed by atoms with Gasteiger partial charge in [-0.2, -0.15) is 13.2 Å².